The maximum atomic E-state index is 5.99. The van der Waals surface area contributed by atoms with Gasteiger partial charge in [-0.05, 0) is 24.5 Å². The topological polar surface area (TPSA) is 44.5 Å². The molecule has 2 N–H and O–H groups in total. The first-order valence-electron chi connectivity index (χ1n) is 5.61. The van der Waals surface area contributed by atoms with Gasteiger partial charge in [-0.15, -0.1) is 0 Å². The Kier molecular flexibility index (Phi) is 6.08. The molecule has 0 bridgehead atoms. The van der Waals surface area contributed by atoms with Crippen molar-refractivity contribution in [3.05, 3.63) is 35.4 Å². The molecule has 0 heterocycles. The highest BCUT2D eigenvalue weighted by Gasteiger charge is 2.05. The van der Waals surface area contributed by atoms with Gasteiger partial charge in [-0.1, -0.05) is 24.3 Å². The van der Waals surface area contributed by atoms with E-state index in [0.717, 1.165) is 6.42 Å². The molecule has 0 saturated carbocycles. The summed E-state index contributed by atoms with van der Waals surface area (Å²) >= 11 is 0. The van der Waals surface area contributed by atoms with E-state index in [2.05, 4.69) is 19.1 Å². The van der Waals surface area contributed by atoms with E-state index in [1.165, 1.54) is 11.1 Å². The molecule has 0 radical (unpaired) electrons. The van der Waals surface area contributed by atoms with E-state index in [1.54, 1.807) is 7.11 Å². The maximum absolute atomic E-state index is 5.99. The molecule has 0 amide bonds. The Bertz CT molecular complexity index is 302. The molecule has 0 aliphatic carbocycles. The van der Waals surface area contributed by atoms with E-state index in [1.807, 2.05) is 12.1 Å². The molecule has 1 aromatic rings. The van der Waals surface area contributed by atoms with E-state index >= 15 is 0 Å². The normalized spacial score (nSPS) is 12.7. The summed E-state index contributed by atoms with van der Waals surface area (Å²) in [6, 6.07) is 8.36. The van der Waals surface area contributed by atoms with Gasteiger partial charge >= 0.3 is 0 Å². The molecule has 1 unspecified atom stereocenters. The summed E-state index contributed by atoms with van der Waals surface area (Å²) < 4.78 is 10.3. The zero-order valence-corrected chi connectivity index (χ0v) is 10.1. The van der Waals surface area contributed by atoms with Crippen LogP contribution in [0.15, 0.2) is 24.3 Å². The molecule has 3 nitrogen and oxygen atoms in total. The molecular formula is C13H21NO2. The van der Waals surface area contributed by atoms with Crippen LogP contribution in [0.25, 0.3) is 0 Å². The van der Waals surface area contributed by atoms with Crippen molar-refractivity contribution >= 4 is 0 Å². The second-order valence-electron chi connectivity index (χ2n) is 3.96. The predicted molar refractivity (Wildman–Crippen MR) is 65.6 cm³/mol. The molecule has 3 heteroatoms. The Morgan fingerprint density at radius 1 is 1.25 bits per heavy atom. The number of hydrogen-bond acceptors (Lipinski definition) is 3. The molecule has 0 aliphatic heterocycles. The lowest BCUT2D eigenvalue weighted by atomic mass is 10.0. The minimum Gasteiger partial charge on any atom is -0.382 e. The highest BCUT2D eigenvalue weighted by atomic mass is 16.5. The first kappa shape index (κ1) is 13.2. The van der Waals surface area contributed by atoms with Gasteiger partial charge in [0.25, 0.3) is 0 Å². The second-order valence-corrected chi connectivity index (χ2v) is 3.96. The summed E-state index contributed by atoms with van der Waals surface area (Å²) in [5.41, 5.74) is 8.57. The van der Waals surface area contributed by atoms with Crippen molar-refractivity contribution in [2.24, 2.45) is 5.73 Å². The molecule has 0 fully saturated rings. The number of nitrogens with two attached hydrogens (primary N) is 1. The fourth-order valence-corrected chi connectivity index (χ4v) is 1.56. The molecule has 1 atom stereocenters. The van der Waals surface area contributed by atoms with Crippen molar-refractivity contribution in [2.75, 3.05) is 26.9 Å². The smallest absolute Gasteiger partial charge is 0.0701 e. The summed E-state index contributed by atoms with van der Waals surface area (Å²) in [5.74, 6) is 0. The van der Waals surface area contributed by atoms with E-state index in [0.29, 0.717) is 19.8 Å². The van der Waals surface area contributed by atoms with Gasteiger partial charge in [-0.25, -0.2) is 0 Å². The van der Waals surface area contributed by atoms with Crippen molar-refractivity contribution in [1.82, 2.24) is 0 Å². The van der Waals surface area contributed by atoms with E-state index < -0.39 is 0 Å². The molecule has 0 saturated heterocycles. The molecule has 1 aromatic carbocycles. The lowest BCUT2D eigenvalue weighted by molar-refractivity contribution is 0.0637. The van der Waals surface area contributed by atoms with Crippen molar-refractivity contribution in [1.29, 1.82) is 0 Å². The molecule has 0 aliphatic rings. The predicted octanol–water partition coefficient (Wildman–Crippen LogP) is 1.53. The Hall–Kier alpha value is -0.900. The Morgan fingerprint density at radius 2 is 2.00 bits per heavy atom. The van der Waals surface area contributed by atoms with E-state index in [-0.39, 0.29) is 6.04 Å². The van der Waals surface area contributed by atoms with Crippen molar-refractivity contribution in [3.8, 4) is 0 Å². The quantitative estimate of drug-likeness (QED) is 0.713. The number of ether oxygens (including phenoxy) is 2. The van der Waals surface area contributed by atoms with Gasteiger partial charge in [0.2, 0.25) is 0 Å². The lowest BCUT2D eigenvalue weighted by Gasteiger charge is -2.13. The standard InChI is InChI=1S/C13H21NO2/c1-11-5-3-4-6-12(11)9-13(14)10-16-8-7-15-2/h3-6,13H,7-10,14H2,1-2H3. The fraction of sp³-hybridized carbons (Fsp3) is 0.538. The van der Waals surface area contributed by atoms with Gasteiger partial charge in [0.15, 0.2) is 0 Å². The first-order valence-corrected chi connectivity index (χ1v) is 5.61. The first-order chi connectivity index (χ1) is 7.74. The van der Waals surface area contributed by atoms with Crippen LogP contribution in [-0.2, 0) is 15.9 Å². The monoisotopic (exact) mass is 223 g/mol. The zero-order valence-electron chi connectivity index (χ0n) is 10.1. The number of methoxy groups -OCH3 is 1. The average molecular weight is 223 g/mol. The number of rotatable bonds is 7. The summed E-state index contributed by atoms with van der Waals surface area (Å²) in [6.45, 7) is 3.92. The van der Waals surface area contributed by atoms with Crippen LogP contribution < -0.4 is 5.73 Å². The number of aryl methyl sites for hydroxylation is 1. The molecule has 0 aromatic heterocycles. The average Bonchev–Trinajstić information content (AvgIpc) is 2.28. The van der Waals surface area contributed by atoms with Gasteiger partial charge < -0.3 is 15.2 Å². The van der Waals surface area contributed by atoms with Crippen LogP contribution in [0.4, 0.5) is 0 Å². The molecule has 90 valence electrons. The zero-order chi connectivity index (χ0) is 11.8. The summed E-state index contributed by atoms with van der Waals surface area (Å²) in [5, 5.41) is 0. The van der Waals surface area contributed by atoms with Gasteiger partial charge in [0.05, 0.1) is 19.8 Å². The minimum atomic E-state index is 0.0537. The molecule has 16 heavy (non-hydrogen) atoms. The van der Waals surface area contributed by atoms with Crippen LogP contribution in [0.2, 0.25) is 0 Å². The largest absolute Gasteiger partial charge is 0.382 e. The molecular weight excluding hydrogens is 202 g/mol. The summed E-state index contributed by atoms with van der Waals surface area (Å²) in [7, 11) is 1.66. The Morgan fingerprint density at radius 3 is 2.69 bits per heavy atom. The van der Waals surface area contributed by atoms with Crippen molar-refractivity contribution in [2.45, 2.75) is 19.4 Å². The third kappa shape index (κ3) is 4.75. The van der Waals surface area contributed by atoms with Gasteiger partial charge in [0.1, 0.15) is 0 Å². The van der Waals surface area contributed by atoms with Crippen LogP contribution in [-0.4, -0.2) is 33.0 Å². The minimum absolute atomic E-state index is 0.0537. The second kappa shape index (κ2) is 7.39. The van der Waals surface area contributed by atoms with E-state index in [4.69, 9.17) is 15.2 Å². The number of benzene rings is 1. The molecule has 1 rings (SSSR count). The van der Waals surface area contributed by atoms with Crippen LogP contribution in [0, 0.1) is 6.92 Å². The Balaban J connectivity index is 2.28. The van der Waals surface area contributed by atoms with Crippen LogP contribution in [0.1, 0.15) is 11.1 Å². The Labute approximate surface area is 97.6 Å². The highest BCUT2D eigenvalue weighted by molar-refractivity contribution is 5.26. The fourth-order valence-electron chi connectivity index (χ4n) is 1.56. The third-order valence-corrected chi connectivity index (χ3v) is 2.51. The maximum Gasteiger partial charge on any atom is 0.0701 e. The van der Waals surface area contributed by atoms with Crippen LogP contribution in [0.5, 0.6) is 0 Å². The number of hydrogen-bond donors (Lipinski definition) is 1. The van der Waals surface area contributed by atoms with Gasteiger partial charge in [-0.2, -0.15) is 0 Å². The van der Waals surface area contributed by atoms with Gasteiger partial charge in [0, 0.05) is 13.2 Å². The summed E-state index contributed by atoms with van der Waals surface area (Å²) in [6.07, 6.45) is 0.861. The SMILES string of the molecule is COCCOCC(N)Cc1ccccc1C. The summed E-state index contributed by atoms with van der Waals surface area (Å²) in [4.78, 5) is 0. The highest BCUT2D eigenvalue weighted by Crippen LogP contribution is 2.09. The van der Waals surface area contributed by atoms with Crippen LogP contribution >= 0.6 is 0 Å². The molecule has 0 spiro atoms. The third-order valence-electron chi connectivity index (χ3n) is 2.51. The van der Waals surface area contributed by atoms with Crippen LogP contribution in [0.3, 0.4) is 0 Å². The van der Waals surface area contributed by atoms with Crippen molar-refractivity contribution < 1.29 is 9.47 Å². The van der Waals surface area contributed by atoms with Crippen molar-refractivity contribution in [3.63, 3.8) is 0 Å². The van der Waals surface area contributed by atoms with E-state index in [9.17, 15) is 0 Å². The van der Waals surface area contributed by atoms with Gasteiger partial charge in [-0.3, -0.25) is 0 Å². The lowest BCUT2D eigenvalue weighted by Crippen LogP contribution is -2.29.